The number of aromatic nitrogens is 4. The van der Waals surface area contributed by atoms with Gasteiger partial charge < -0.3 is 14.0 Å². The molecule has 0 radical (unpaired) electrons. The maximum atomic E-state index is 12.5. The Morgan fingerprint density at radius 3 is 2.62 bits per heavy atom. The number of carbonyl (C=O) groups excluding carboxylic acids is 1. The van der Waals surface area contributed by atoms with Crippen molar-refractivity contribution < 1.29 is 14.3 Å². The van der Waals surface area contributed by atoms with Crippen molar-refractivity contribution in [1.82, 2.24) is 19.7 Å². The molecule has 3 aromatic rings. The van der Waals surface area contributed by atoms with Crippen LogP contribution in [-0.2, 0) is 7.05 Å². The summed E-state index contributed by atoms with van der Waals surface area (Å²) >= 11 is 1.33. The lowest BCUT2D eigenvalue weighted by atomic mass is 10.1. The van der Waals surface area contributed by atoms with Crippen LogP contribution in [0.15, 0.2) is 47.8 Å². The average molecular weight is 370 g/mol. The highest BCUT2D eigenvalue weighted by Crippen LogP contribution is 2.28. The highest BCUT2D eigenvalue weighted by Gasteiger charge is 2.15. The van der Waals surface area contributed by atoms with Gasteiger partial charge in [0.2, 0.25) is 0 Å². The molecule has 0 saturated heterocycles. The first-order chi connectivity index (χ1) is 12.6. The average Bonchev–Trinajstić information content (AvgIpc) is 3.06. The maximum Gasteiger partial charge on any atom is 0.191 e. The van der Waals surface area contributed by atoms with Crippen LogP contribution in [0.1, 0.15) is 10.4 Å². The Morgan fingerprint density at radius 2 is 1.92 bits per heavy atom. The molecule has 0 aliphatic carbocycles. The van der Waals surface area contributed by atoms with Crippen LogP contribution in [0.4, 0.5) is 0 Å². The number of methoxy groups -OCH3 is 2. The van der Waals surface area contributed by atoms with E-state index >= 15 is 0 Å². The molecule has 0 fully saturated rings. The molecule has 0 unspecified atom stereocenters. The summed E-state index contributed by atoms with van der Waals surface area (Å²) in [6.07, 6.45) is 1.71. The van der Waals surface area contributed by atoms with E-state index in [2.05, 4.69) is 15.2 Å². The van der Waals surface area contributed by atoms with Gasteiger partial charge in [0.05, 0.1) is 20.0 Å². The van der Waals surface area contributed by atoms with E-state index < -0.39 is 0 Å². The van der Waals surface area contributed by atoms with Crippen LogP contribution in [0.5, 0.6) is 11.5 Å². The molecule has 0 saturated carbocycles. The molecule has 1 aromatic carbocycles. The molecule has 8 heteroatoms. The van der Waals surface area contributed by atoms with Crippen molar-refractivity contribution in [3.8, 4) is 23.0 Å². The van der Waals surface area contributed by atoms with E-state index in [0.29, 0.717) is 28.0 Å². The summed E-state index contributed by atoms with van der Waals surface area (Å²) in [5.41, 5.74) is 1.29. The molecule has 0 aliphatic rings. The number of rotatable bonds is 7. The molecule has 2 aromatic heterocycles. The monoisotopic (exact) mass is 370 g/mol. The highest BCUT2D eigenvalue weighted by atomic mass is 32.2. The Morgan fingerprint density at radius 1 is 1.12 bits per heavy atom. The fourth-order valence-electron chi connectivity index (χ4n) is 2.38. The van der Waals surface area contributed by atoms with Gasteiger partial charge in [-0.3, -0.25) is 9.78 Å². The summed E-state index contributed by atoms with van der Waals surface area (Å²) in [6.45, 7) is 0. The van der Waals surface area contributed by atoms with Gasteiger partial charge >= 0.3 is 0 Å². The van der Waals surface area contributed by atoms with Crippen molar-refractivity contribution >= 4 is 17.5 Å². The third-order valence-corrected chi connectivity index (χ3v) is 4.79. The fourth-order valence-corrected chi connectivity index (χ4v) is 3.19. The lowest BCUT2D eigenvalue weighted by molar-refractivity contribution is 0.102. The van der Waals surface area contributed by atoms with Gasteiger partial charge in [0.15, 0.2) is 28.3 Å². The Hall–Kier alpha value is -2.87. The molecule has 0 amide bonds. The van der Waals surface area contributed by atoms with Gasteiger partial charge in [0.25, 0.3) is 0 Å². The minimum Gasteiger partial charge on any atom is -0.493 e. The van der Waals surface area contributed by atoms with Gasteiger partial charge in [-0.2, -0.15) is 0 Å². The zero-order valence-electron chi connectivity index (χ0n) is 14.7. The molecule has 134 valence electrons. The summed E-state index contributed by atoms with van der Waals surface area (Å²) in [4.78, 5) is 16.8. The van der Waals surface area contributed by atoms with Crippen LogP contribution in [-0.4, -0.2) is 45.5 Å². The summed E-state index contributed by atoms with van der Waals surface area (Å²) in [5, 5.41) is 8.98. The van der Waals surface area contributed by atoms with Gasteiger partial charge in [-0.15, -0.1) is 10.2 Å². The first-order valence-corrected chi connectivity index (χ1v) is 8.81. The number of ether oxygens (including phenoxy) is 2. The molecular weight excluding hydrogens is 352 g/mol. The van der Waals surface area contributed by atoms with E-state index in [9.17, 15) is 4.79 Å². The standard InChI is InChI=1S/C18H18N4O3S/c1-22-17(13-6-4-5-9-19-13)20-21-18(22)26-11-14(23)12-7-8-15(24-2)16(10-12)25-3/h4-10H,11H2,1-3H3. The quantitative estimate of drug-likeness (QED) is 0.467. The molecule has 0 spiro atoms. The van der Waals surface area contributed by atoms with Crippen molar-refractivity contribution in [2.24, 2.45) is 7.05 Å². The number of thioether (sulfide) groups is 1. The van der Waals surface area contributed by atoms with Crippen LogP contribution in [0.2, 0.25) is 0 Å². The SMILES string of the molecule is COc1ccc(C(=O)CSc2nnc(-c3ccccn3)n2C)cc1OC. The molecule has 26 heavy (non-hydrogen) atoms. The number of benzene rings is 1. The number of Topliss-reactive ketones (excluding diaryl/α,β-unsaturated/α-hetero) is 1. The minimum absolute atomic E-state index is 0.0293. The molecule has 7 nitrogen and oxygen atoms in total. The van der Waals surface area contributed by atoms with Crippen LogP contribution < -0.4 is 9.47 Å². The smallest absolute Gasteiger partial charge is 0.191 e. The minimum atomic E-state index is -0.0293. The van der Waals surface area contributed by atoms with Crippen molar-refractivity contribution in [2.45, 2.75) is 5.16 Å². The number of ketones is 1. The van der Waals surface area contributed by atoms with Gasteiger partial charge in [-0.1, -0.05) is 17.8 Å². The summed E-state index contributed by atoms with van der Waals surface area (Å²) < 4.78 is 12.3. The van der Waals surface area contributed by atoms with E-state index in [1.165, 1.54) is 11.8 Å². The van der Waals surface area contributed by atoms with Crippen molar-refractivity contribution in [2.75, 3.05) is 20.0 Å². The first kappa shape index (κ1) is 17.9. The molecule has 0 aliphatic heterocycles. The third kappa shape index (κ3) is 3.70. The van der Waals surface area contributed by atoms with Crippen LogP contribution in [0.3, 0.4) is 0 Å². The maximum absolute atomic E-state index is 12.5. The van der Waals surface area contributed by atoms with Crippen LogP contribution in [0, 0.1) is 0 Å². The molecule has 0 N–H and O–H groups in total. The van der Waals surface area contributed by atoms with E-state index in [0.717, 1.165) is 5.69 Å². The topological polar surface area (TPSA) is 79.1 Å². The highest BCUT2D eigenvalue weighted by molar-refractivity contribution is 7.99. The Labute approximate surface area is 155 Å². The van der Waals surface area contributed by atoms with E-state index in [1.54, 1.807) is 38.6 Å². The number of carbonyl (C=O) groups is 1. The number of hydrogen-bond acceptors (Lipinski definition) is 7. The normalized spacial score (nSPS) is 10.6. The van der Waals surface area contributed by atoms with Crippen molar-refractivity contribution in [3.63, 3.8) is 0 Å². The lowest BCUT2D eigenvalue weighted by Gasteiger charge is -2.09. The predicted molar refractivity (Wildman–Crippen MR) is 98.8 cm³/mol. The Kier molecular flexibility index (Phi) is 5.52. The van der Waals surface area contributed by atoms with Gasteiger partial charge in [-0.25, -0.2) is 0 Å². The number of hydrogen-bond donors (Lipinski definition) is 0. The van der Waals surface area contributed by atoms with E-state index in [-0.39, 0.29) is 11.5 Å². The lowest BCUT2D eigenvalue weighted by Crippen LogP contribution is -2.05. The second-order valence-corrected chi connectivity index (χ2v) is 6.30. The number of nitrogens with zero attached hydrogens (tertiary/aromatic N) is 4. The Bertz CT molecular complexity index is 912. The predicted octanol–water partition coefficient (Wildman–Crippen LogP) is 2.87. The fraction of sp³-hybridized carbons (Fsp3) is 0.222. The third-order valence-electron chi connectivity index (χ3n) is 3.77. The van der Waals surface area contributed by atoms with Gasteiger partial charge in [0, 0.05) is 18.8 Å². The summed E-state index contributed by atoms with van der Waals surface area (Å²) in [6, 6.07) is 10.7. The second kappa shape index (κ2) is 8.01. The van der Waals surface area contributed by atoms with Gasteiger partial charge in [0.1, 0.15) is 5.69 Å². The molecule has 0 atom stereocenters. The molecule has 0 bridgehead atoms. The molecule has 3 rings (SSSR count). The Balaban J connectivity index is 1.72. The van der Waals surface area contributed by atoms with Crippen molar-refractivity contribution in [3.05, 3.63) is 48.2 Å². The number of pyridine rings is 1. The van der Waals surface area contributed by atoms with Crippen LogP contribution in [0.25, 0.3) is 11.5 Å². The van der Waals surface area contributed by atoms with Crippen LogP contribution >= 0.6 is 11.8 Å². The zero-order valence-corrected chi connectivity index (χ0v) is 15.5. The summed E-state index contributed by atoms with van der Waals surface area (Å²) in [5.74, 6) is 1.98. The summed E-state index contributed by atoms with van der Waals surface area (Å²) in [7, 11) is 4.95. The zero-order chi connectivity index (χ0) is 18.5. The van der Waals surface area contributed by atoms with Crippen molar-refractivity contribution in [1.29, 1.82) is 0 Å². The molecular formula is C18H18N4O3S. The van der Waals surface area contributed by atoms with E-state index in [4.69, 9.17) is 9.47 Å². The van der Waals surface area contributed by atoms with E-state index in [1.807, 2.05) is 29.8 Å². The largest absolute Gasteiger partial charge is 0.493 e. The first-order valence-electron chi connectivity index (χ1n) is 7.83. The van der Waals surface area contributed by atoms with Gasteiger partial charge in [-0.05, 0) is 30.3 Å². The second-order valence-electron chi connectivity index (χ2n) is 5.36. The molecule has 2 heterocycles.